The monoisotopic (exact) mass is 418 g/mol. The van der Waals surface area contributed by atoms with Crippen LogP contribution in [-0.4, -0.2) is 10.5 Å². The molecule has 0 fully saturated rings. The van der Waals surface area contributed by atoms with E-state index in [0.717, 1.165) is 11.3 Å². The molecule has 150 valence electrons. The fraction of sp³-hybridized carbons (Fsp3) is 0.0833. The number of anilines is 1. The molecule has 0 saturated heterocycles. The molecular formula is C24H19ClN2O3. The minimum absolute atomic E-state index is 0.0355. The highest BCUT2D eigenvalue weighted by Gasteiger charge is 2.23. The van der Waals surface area contributed by atoms with Crippen molar-refractivity contribution in [3.8, 4) is 11.5 Å². The third-order valence-corrected chi connectivity index (χ3v) is 5.04. The van der Waals surface area contributed by atoms with Crippen LogP contribution in [-0.2, 0) is 6.54 Å². The molecule has 2 heterocycles. The van der Waals surface area contributed by atoms with Crippen molar-refractivity contribution >= 4 is 23.2 Å². The molecule has 0 spiro atoms. The van der Waals surface area contributed by atoms with Gasteiger partial charge in [-0.1, -0.05) is 41.9 Å². The molecule has 5 nitrogen and oxygen atoms in total. The van der Waals surface area contributed by atoms with E-state index in [4.69, 9.17) is 16.0 Å². The van der Waals surface area contributed by atoms with E-state index in [-0.39, 0.29) is 11.0 Å². The lowest BCUT2D eigenvalue weighted by Gasteiger charge is -2.19. The van der Waals surface area contributed by atoms with E-state index in [1.54, 1.807) is 24.3 Å². The molecule has 6 heteroatoms. The van der Waals surface area contributed by atoms with Crippen LogP contribution in [0.3, 0.4) is 0 Å². The molecule has 4 rings (SSSR count). The van der Waals surface area contributed by atoms with Gasteiger partial charge in [0.15, 0.2) is 11.2 Å². The highest BCUT2D eigenvalue weighted by atomic mass is 35.5. The predicted molar refractivity (Wildman–Crippen MR) is 118 cm³/mol. The SMILES string of the molecule is Cc1cc(=O)c(C(=O)Nc2ccccc2)c(-c2ccco2)n1Cc1ccc(Cl)cc1. The van der Waals surface area contributed by atoms with E-state index in [1.165, 1.54) is 12.3 Å². The molecule has 0 atom stereocenters. The van der Waals surface area contributed by atoms with Crippen LogP contribution < -0.4 is 10.7 Å². The van der Waals surface area contributed by atoms with Crippen LogP contribution in [0.5, 0.6) is 0 Å². The van der Waals surface area contributed by atoms with Crippen molar-refractivity contribution in [3.05, 3.63) is 111 Å². The number of amides is 1. The average Bonchev–Trinajstić information content (AvgIpc) is 3.26. The zero-order chi connectivity index (χ0) is 21.1. The summed E-state index contributed by atoms with van der Waals surface area (Å²) in [6, 6.07) is 21.4. The van der Waals surface area contributed by atoms with Crippen molar-refractivity contribution < 1.29 is 9.21 Å². The number of para-hydroxylation sites is 1. The number of hydrogen-bond acceptors (Lipinski definition) is 3. The molecule has 0 aliphatic rings. The number of hydrogen-bond donors (Lipinski definition) is 1. The molecule has 2 aromatic carbocycles. The number of nitrogens with one attached hydrogen (secondary N) is 1. The van der Waals surface area contributed by atoms with Crippen LogP contribution in [0.4, 0.5) is 5.69 Å². The Morgan fingerprint density at radius 3 is 2.43 bits per heavy atom. The van der Waals surface area contributed by atoms with Crippen molar-refractivity contribution in [1.29, 1.82) is 0 Å². The largest absolute Gasteiger partial charge is 0.463 e. The first-order chi connectivity index (χ1) is 14.5. The normalized spacial score (nSPS) is 10.7. The van der Waals surface area contributed by atoms with Gasteiger partial charge >= 0.3 is 0 Å². The lowest BCUT2D eigenvalue weighted by atomic mass is 10.1. The summed E-state index contributed by atoms with van der Waals surface area (Å²) in [5.74, 6) is -0.0366. The molecule has 1 N–H and O–H groups in total. The number of halogens is 1. The molecular weight excluding hydrogens is 400 g/mol. The Morgan fingerprint density at radius 2 is 1.77 bits per heavy atom. The van der Waals surface area contributed by atoms with E-state index in [9.17, 15) is 9.59 Å². The summed E-state index contributed by atoms with van der Waals surface area (Å²) < 4.78 is 7.51. The summed E-state index contributed by atoms with van der Waals surface area (Å²) in [5.41, 5.74) is 2.42. The number of carbonyl (C=O) groups is 1. The van der Waals surface area contributed by atoms with Gasteiger partial charge in [-0.3, -0.25) is 9.59 Å². The summed E-state index contributed by atoms with van der Waals surface area (Å²) in [7, 11) is 0. The number of carbonyl (C=O) groups excluding carboxylic acids is 1. The molecule has 0 aliphatic carbocycles. The highest BCUT2D eigenvalue weighted by molar-refractivity contribution is 6.30. The molecule has 0 radical (unpaired) electrons. The van der Waals surface area contributed by atoms with Crippen molar-refractivity contribution in [2.45, 2.75) is 13.5 Å². The zero-order valence-corrected chi connectivity index (χ0v) is 17.0. The molecule has 2 aromatic heterocycles. The van der Waals surface area contributed by atoms with Gasteiger partial charge in [0.2, 0.25) is 0 Å². The molecule has 0 bridgehead atoms. The van der Waals surface area contributed by atoms with Gasteiger partial charge in [0, 0.05) is 29.0 Å². The summed E-state index contributed by atoms with van der Waals surface area (Å²) >= 11 is 6.01. The summed E-state index contributed by atoms with van der Waals surface area (Å²) in [4.78, 5) is 26.0. The second-order valence-corrected chi connectivity index (χ2v) is 7.32. The number of aryl methyl sites for hydroxylation is 1. The van der Waals surface area contributed by atoms with Gasteiger partial charge in [-0.2, -0.15) is 0 Å². The number of aromatic nitrogens is 1. The fourth-order valence-electron chi connectivity index (χ4n) is 3.35. The molecule has 0 unspecified atom stereocenters. The summed E-state index contributed by atoms with van der Waals surface area (Å²) in [6.45, 7) is 2.29. The van der Waals surface area contributed by atoms with Gasteiger partial charge in [-0.05, 0) is 48.9 Å². The predicted octanol–water partition coefficient (Wildman–Crippen LogP) is 5.37. The first-order valence-corrected chi connectivity index (χ1v) is 9.80. The maximum absolute atomic E-state index is 13.1. The first-order valence-electron chi connectivity index (χ1n) is 9.42. The highest BCUT2D eigenvalue weighted by Crippen LogP contribution is 2.26. The van der Waals surface area contributed by atoms with E-state index < -0.39 is 5.91 Å². The van der Waals surface area contributed by atoms with Gasteiger partial charge in [-0.25, -0.2) is 0 Å². The van der Waals surface area contributed by atoms with Crippen LogP contribution in [0.1, 0.15) is 21.6 Å². The second-order valence-electron chi connectivity index (χ2n) is 6.88. The van der Waals surface area contributed by atoms with Gasteiger partial charge in [0.25, 0.3) is 5.91 Å². The van der Waals surface area contributed by atoms with Crippen molar-refractivity contribution in [2.24, 2.45) is 0 Å². The molecule has 1 amide bonds. The molecule has 0 aliphatic heterocycles. The molecule has 0 saturated carbocycles. The standard InChI is InChI=1S/C24H19ClN2O3/c1-16-14-20(28)22(24(29)26-19-6-3-2-4-7-19)23(21-8-5-13-30-21)27(16)15-17-9-11-18(25)12-10-17/h2-14H,15H2,1H3,(H,26,29). The van der Waals surface area contributed by atoms with Gasteiger partial charge < -0.3 is 14.3 Å². The van der Waals surface area contributed by atoms with Gasteiger partial charge in [-0.15, -0.1) is 0 Å². The Kier molecular flexibility index (Phi) is 5.55. The van der Waals surface area contributed by atoms with Crippen LogP contribution in [0.25, 0.3) is 11.5 Å². The Labute approximate surface area is 178 Å². The summed E-state index contributed by atoms with van der Waals surface area (Å²) in [5, 5.41) is 3.45. The van der Waals surface area contributed by atoms with Crippen LogP contribution in [0.2, 0.25) is 5.02 Å². The Hall–Kier alpha value is -3.57. The van der Waals surface area contributed by atoms with Crippen molar-refractivity contribution in [1.82, 2.24) is 4.57 Å². The van der Waals surface area contributed by atoms with Crippen LogP contribution >= 0.6 is 11.6 Å². The van der Waals surface area contributed by atoms with Gasteiger partial charge in [0.1, 0.15) is 11.3 Å². The Morgan fingerprint density at radius 1 is 1.03 bits per heavy atom. The topological polar surface area (TPSA) is 64.2 Å². The minimum Gasteiger partial charge on any atom is -0.463 e. The number of nitrogens with zero attached hydrogens (tertiary/aromatic N) is 1. The number of pyridine rings is 1. The maximum Gasteiger partial charge on any atom is 0.261 e. The van der Waals surface area contributed by atoms with Gasteiger partial charge in [0.05, 0.1) is 6.26 Å². The van der Waals surface area contributed by atoms with E-state index in [0.29, 0.717) is 28.7 Å². The third kappa shape index (κ3) is 4.07. The maximum atomic E-state index is 13.1. The quantitative estimate of drug-likeness (QED) is 0.473. The third-order valence-electron chi connectivity index (χ3n) is 4.79. The van der Waals surface area contributed by atoms with Crippen LogP contribution in [0, 0.1) is 6.92 Å². The number of rotatable bonds is 5. The van der Waals surface area contributed by atoms with E-state index in [1.807, 2.05) is 54.0 Å². The summed E-state index contributed by atoms with van der Waals surface area (Å²) in [6.07, 6.45) is 1.52. The first kappa shape index (κ1) is 19.7. The number of furan rings is 1. The molecule has 4 aromatic rings. The fourth-order valence-corrected chi connectivity index (χ4v) is 3.47. The molecule has 30 heavy (non-hydrogen) atoms. The zero-order valence-electron chi connectivity index (χ0n) is 16.3. The second kappa shape index (κ2) is 8.43. The van der Waals surface area contributed by atoms with E-state index in [2.05, 4.69) is 5.32 Å². The van der Waals surface area contributed by atoms with E-state index >= 15 is 0 Å². The smallest absolute Gasteiger partial charge is 0.261 e. The minimum atomic E-state index is -0.484. The Bertz CT molecular complexity index is 1230. The lowest BCUT2D eigenvalue weighted by Crippen LogP contribution is -2.26. The average molecular weight is 419 g/mol. The van der Waals surface area contributed by atoms with Crippen LogP contribution in [0.15, 0.2) is 88.3 Å². The lowest BCUT2D eigenvalue weighted by molar-refractivity contribution is 0.102. The number of benzene rings is 2. The van der Waals surface area contributed by atoms with Crippen molar-refractivity contribution in [2.75, 3.05) is 5.32 Å². The van der Waals surface area contributed by atoms with Crippen molar-refractivity contribution in [3.63, 3.8) is 0 Å². The Balaban J connectivity index is 1.86.